The van der Waals surface area contributed by atoms with E-state index in [2.05, 4.69) is 10.3 Å². The van der Waals surface area contributed by atoms with Crippen LogP contribution >= 0.6 is 0 Å². The first-order valence-corrected chi connectivity index (χ1v) is 10.4. The zero-order chi connectivity index (χ0) is 24.9. The number of fused-ring (bicyclic) bond motifs is 1. The topological polar surface area (TPSA) is 68.1 Å². The molecule has 0 saturated carbocycles. The molecule has 0 fully saturated rings. The number of rotatable bonds is 8. The van der Waals surface area contributed by atoms with Gasteiger partial charge >= 0.3 is 12.4 Å². The summed E-state index contributed by atoms with van der Waals surface area (Å²) >= 11 is 0. The molecule has 0 bridgehead atoms. The summed E-state index contributed by atoms with van der Waals surface area (Å²) in [5, 5.41) is 22.0. The largest absolute Gasteiger partial charge is 0.504 e. The summed E-state index contributed by atoms with van der Waals surface area (Å²) in [5.74, 6) is -0.507. The van der Waals surface area contributed by atoms with Crippen molar-refractivity contribution in [2.75, 3.05) is 24.5 Å². The summed E-state index contributed by atoms with van der Waals surface area (Å²) < 4.78 is 76.5. The number of halogens is 6. The van der Waals surface area contributed by atoms with Crippen LogP contribution in [-0.2, 0) is 6.54 Å². The van der Waals surface area contributed by atoms with Gasteiger partial charge in [0.05, 0.1) is 19.4 Å². The molecule has 11 heteroatoms. The van der Waals surface area contributed by atoms with Gasteiger partial charge in [-0.1, -0.05) is 12.1 Å². The number of anilines is 1. The van der Waals surface area contributed by atoms with E-state index in [1.165, 1.54) is 18.2 Å². The number of nitrogens with zero attached hydrogens (tertiary/aromatic N) is 2. The molecule has 2 aromatic carbocycles. The number of nitrogens with one attached hydrogen (secondary N) is 1. The number of hydrogen-bond donors (Lipinski definition) is 3. The minimum Gasteiger partial charge on any atom is -0.504 e. The van der Waals surface area contributed by atoms with E-state index in [1.807, 2.05) is 0 Å². The van der Waals surface area contributed by atoms with Crippen molar-refractivity contribution < 1.29 is 36.6 Å². The van der Waals surface area contributed by atoms with E-state index in [1.54, 1.807) is 30.6 Å². The fourth-order valence-corrected chi connectivity index (χ4v) is 3.45. The molecule has 1 heterocycles. The van der Waals surface area contributed by atoms with Crippen molar-refractivity contribution in [2.45, 2.75) is 31.7 Å². The van der Waals surface area contributed by atoms with Gasteiger partial charge in [0.1, 0.15) is 0 Å². The molecule has 1 aliphatic rings. The van der Waals surface area contributed by atoms with Gasteiger partial charge in [0, 0.05) is 43.3 Å². The molecule has 2 aromatic rings. The highest BCUT2D eigenvalue weighted by molar-refractivity contribution is 5.93. The second-order valence-electron chi connectivity index (χ2n) is 7.83. The molecule has 5 nitrogen and oxygen atoms in total. The van der Waals surface area contributed by atoms with Gasteiger partial charge in [-0.25, -0.2) is 0 Å². The Balaban J connectivity index is 1.80. The average Bonchev–Trinajstić information content (AvgIpc) is 2.75. The second-order valence-corrected chi connectivity index (χ2v) is 7.83. The Kier molecular flexibility index (Phi) is 7.63. The van der Waals surface area contributed by atoms with Crippen molar-refractivity contribution >= 4 is 17.5 Å². The Morgan fingerprint density at radius 2 is 1.59 bits per heavy atom. The van der Waals surface area contributed by atoms with Crippen molar-refractivity contribution in [1.82, 2.24) is 5.32 Å². The second kappa shape index (κ2) is 10.3. The summed E-state index contributed by atoms with van der Waals surface area (Å²) in [4.78, 5) is 5.34. The van der Waals surface area contributed by atoms with Gasteiger partial charge in [-0.15, -0.1) is 0 Å². The van der Waals surface area contributed by atoms with Crippen LogP contribution < -0.4 is 10.2 Å². The van der Waals surface area contributed by atoms with Crippen molar-refractivity contribution in [1.29, 1.82) is 0 Å². The lowest BCUT2D eigenvalue weighted by atomic mass is 9.97. The van der Waals surface area contributed by atoms with Gasteiger partial charge in [0.15, 0.2) is 11.5 Å². The molecule has 0 spiro atoms. The summed E-state index contributed by atoms with van der Waals surface area (Å²) in [6.07, 6.45) is -8.17. The van der Waals surface area contributed by atoms with Crippen molar-refractivity contribution in [3.63, 3.8) is 0 Å². The molecule has 1 aliphatic heterocycles. The standard InChI is InChI=1S/C23H23F6N3O2/c24-22(25,26)5-7-32(8-6-23(27,28)29)18-3-2-16-12-31-14-17(19(16)10-18)13-30-11-15-1-4-20(33)21(34)9-15/h1-4,9-10,12-13,30,33-34H,5-8,11,14H2. The van der Waals surface area contributed by atoms with Crippen LogP contribution in [0.25, 0.3) is 5.57 Å². The van der Waals surface area contributed by atoms with Gasteiger partial charge in [-0.3, -0.25) is 4.99 Å². The summed E-state index contributed by atoms with van der Waals surface area (Å²) in [6, 6.07) is 9.05. The molecule has 0 aliphatic carbocycles. The Morgan fingerprint density at radius 3 is 2.21 bits per heavy atom. The SMILES string of the molecule is Oc1ccc(CNC=C2CN=Cc3ccc(N(CCC(F)(F)F)CCC(F)(F)F)cc32)cc1O. The van der Waals surface area contributed by atoms with Crippen molar-refractivity contribution in [2.24, 2.45) is 4.99 Å². The molecule has 0 saturated heterocycles. The average molecular weight is 487 g/mol. The van der Waals surface area contributed by atoms with E-state index in [4.69, 9.17) is 0 Å². The highest BCUT2D eigenvalue weighted by Gasteiger charge is 2.31. The Morgan fingerprint density at radius 1 is 0.912 bits per heavy atom. The third kappa shape index (κ3) is 7.32. The van der Waals surface area contributed by atoms with Crippen LogP contribution in [0.15, 0.2) is 47.6 Å². The number of benzene rings is 2. The fraction of sp³-hybridized carbons (Fsp3) is 0.348. The van der Waals surface area contributed by atoms with Crippen molar-refractivity contribution in [3.05, 3.63) is 59.3 Å². The van der Waals surface area contributed by atoms with Crippen LogP contribution in [0.5, 0.6) is 11.5 Å². The molecule has 34 heavy (non-hydrogen) atoms. The Bertz CT molecular complexity index is 1050. The maximum Gasteiger partial charge on any atom is 0.390 e. The predicted octanol–water partition coefficient (Wildman–Crippen LogP) is 5.37. The number of phenolic OH excluding ortho intramolecular Hbond substituents is 2. The zero-order valence-electron chi connectivity index (χ0n) is 17.9. The van der Waals surface area contributed by atoms with Crippen LogP contribution in [-0.4, -0.2) is 48.4 Å². The first-order chi connectivity index (χ1) is 15.9. The number of aromatic hydroxyl groups is 2. The van der Waals surface area contributed by atoms with E-state index < -0.39 is 38.3 Å². The van der Waals surface area contributed by atoms with Gasteiger partial charge in [-0.05, 0) is 41.0 Å². The van der Waals surface area contributed by atoms with Gasteiger partial charge < -0.3 is 20.4 Å². The molecule has 0 aromatic heterocycles. The smallest absolute Gasteiger partial charge is 0.390 e. The normalized spacial score (nSPS) is 14.8. The molecule has 0 unspecified atom stereocenters. The Hall–Kier alpha value is -3.37. The Labute approximate surface area is 192 Å². The van der Waals surface area contributed by atoms with Gasteiger partial charge in [0.2, 0.25) is 0 Å². The highest BCUT2D eigenvalue weighted by atomic mass is 19.4. The third-order valence-corrected chi connectivity index (χ3v) is 5.19. The lowest BCUT2D eigenvalue weighted by Crippen LogP contribution is -2.31. The highest BCUT2D eigenvalue weighted by Crippen LogP contribution is 2.30. The minimum absolute atomic E-state index is 0.245. The van der Waals surface area contributed by atoms with Gasteiger partial charge in [0.25, 0.3) is 0 Å². The van der Waals surface area contributed by atoms with Crippen molar-refractivity contribution in [3.8, 4) is 11.5 Å². The lowest BCUT2D eigenvalue weighted by Gasteiger charge is -2.27. The summed E-state index contributed by atoms with van der Waals surface area (Å²) in [6.45, 7) is -0.600. The maximum atomic E-state index is 12.8. The molecule has 3 N–H and O–H groups in total. The first-order valence-electron chi connectivity index (χ1n) is 10.4. The number of hydrogen-bond acceptors (Lipinski definition) is 5. The van der Waals surface area contributed by atoms with Crippen LogP contribution in [0.1, 0.15) is 29.5 Å². The minimum atomic E-state index is -4.49. The number of aliphatic imine (C=N–C) groups is 1. The van der Waals surface area contributed by atoms with Crippen LogP contribution in [0, 0.1) is 0 Å². The van der Waals surface area contributed by atoms with Crippen LogP contribution in [0.4, 0.5) is 32.0 Å². The summed E-state index contributed by atoms with van der Waals surface area (Å²) in [7, 11) is 0. The molecule has 0 radical (unpaired) electrons. The molecular weight excluding hydrogens is 464 g/mol. The number of phenols is 2. The fourth-order valence-electron chi connectivity index (χ4n) is 3.45. The van der Waals surface area contributed by atoms with Gasteiger partial charge in [-0.2, -0.15) is 26.3 Å². The maximum absolute atomic E-state index is 12.8. The molecule has 3 rings (SSSR count). The lowest BCUT2D eigenvalue weighted by molar-refractivity contribution is -0.135. The van der Waals surface area contributed by atoms with E-state index >= 15 is 0 Å². The van der Waals surface area contributed by atoms with Crippen LogP contribution in [0.3, 0.4) is 0 Å². The third-order valence-electron chi connectivity index (χ3n) is 5.19. The molecule has 184 valence electrons. The predicted molar refractivity (Wildman–Crippen MR) is 117 cm³/mol. The number of alkyl halides is 6. The van der Waals surface area contributed by atoms with E-state index in [-0.39, 0.29) is 23.7 Å². The zero-order valence-corrected chi connectivity index (χ0v) is 17.9. The molecular formula is C23H23F6N3O2. The quantitative estimate of drug-likeness (QED) is 0.346. The van der Waals surface area contributed by atoms with Crippen LogP contribution in [0.2, 0.25) is 0 Å². The van der Waals surface area contributed by atoms with E-state index in [0.29, 0.717) is 28.8 Å². The molecule has 0 atom stereocenters. The molecule has 0 amide bonds. The van der Waals surface area contributed by atoms with E-state index in [0.717, 1.165) is 4.90 Å². The first kappa shape index (κ1) is 25.3. The summed E-state index contributed by atoms with van der Waals surface area (Å²) in [5.41, 5.74) is 2.99. The van der Waals surface area contributed by atoms with E-state index in [9.17, 15) is 36.6 Å². The monoisotopic (exact) mass is 487 g/mol.